The molecule has 72 valence electrons. The summed E-state index contributed by atoms with van der Waals surface area (Å²) in [5, 5.41) is 44.7. The standard InChI is InChI=1S/C6H12O6/c7-1-2-3(8)4(9)5(10)6(11)12-2/h2-11H,1H2/t2?,3-,4-,5?,6+/m0/s1. The Kier molecular flexibility index (Phi) is 2.99. The molecular weight excluding hydrogens is 168 g/mol. The molecule has 1 heterocycles. The first-order valence-corrected chi connectivity index (χ1v) is 3.56. The first-order chi connectivity index (χ1) is 5.57. The lowest BCUT2D eigenvalue weighted by molar-refractivity contribution is -0.286. The molecule has 1 fully saturated rings. The number of aliphatic hydroxyl groups excluding tert-OH is 5. The van der Waals surface area contributed by atoms with Crippen molar-refractivity contribution in [3.05, 3.63) is 0 Å². The normalized spacial score (nSPS) is 49.2. The van der Waals surface area contributed by atoms with Gasteiger partial charge in [0.15, 0.2) is 6.29 Å². The van der Waals surface area contributed by atoms with E-state index >= 15 is 0 Å². The van der Waals surface area contributed by atoms with Gasteiger partial charge in [-0.1, -0.05) is 0 Å². The highest BCUT2D eigenvalue weighted by molar-refractivity contribution is 4.87. The van der Waals surface area contributed by atoms with Gasteiger partial charge in [-0.2, -0.15) is 0 Å². The maximum absolute atomic E-state index is 9.12. The van der Waals surface area contributed by atoms with Crippen molar-refractivity contribution >= 4 is 0 Å². The van der Waals surface area contributed by atoms with Gasteiger partial charge >= 0.3 is 0 Å². The fraction of sp³-hybridized carbons (Fsp3) is 1.00. The molecule has 0 aliphatic carbocycles. The van der Waals surface area contributed by atoms with E-state index in [1.807, 2.05) is 0 Å². The molecule has 1 saturated heterocycles. The molecule has 2 unspecified atom stereocenters. The van der Waals surface area contributed by atoms with Gasteiger partial charge in [-0.15, -0.1) is 0 Å². The average molecular weight is 180 g/mol. The van der Waals surface area contributed by atoms with Gasteiger partial charge in [0.1, 0.15) is 24.4 Å². The average Bonchev–Trinajstić information content (AvgIpc) is 2.08. The predicted octanol–water partition coefficient (Wildman–Crippen LogP) is -3.22. The van der Waals surface area contributed by atoms with Crippen LogP contribution in [0.1, 0.15) is 0 Å². The lowest BCUT2D eigenvalue weighted by atomic mass is 10.00. The zero-order chi connectivity index (χ0) is 9.30. The molecule has 12 heavy (non-hydrogen) atoms. The topological polar surface area (TPSA) is 110 Å². The minimum Gasteiger partial charge on any atom is -0.394 e. The molecule has 0 bridgehead atoms. The van der Waals surface area contributed by atoms with Gasteiger partial charge < -0.3 is 30.3 Å². The second-order valence-corrected chi connectivity index (χ2v) is 2.72. The highest BCUT2D eigenvalue weighted by Crippen LogP contribution is 2.18. The minimum atomic E-state index is -1.57. The van der Waals surface area contributed by atoms with E-state index in [-0.39, 0.29) is 0 Å². The summed E-state index contributed by atoms with van der Waals surface area (Å²) >= 11 is 0. The Hall–Kier alpha value is -0.240. The largest absolute Gasteiger partial charge is 0.394 e. The Morgan fingerprint density at radius 3 is 2.00 bits per heavy atom. The van der Waals surface area contributed by atoms with Crippen LogP contribution < -0.4 is 0 Å². The highest BCUT2D eigenvalue weighted by atomic mass is 16.6. The number of hydrogen-bond acceptors (Lipinski definition) is 6. The summed E-state index contributed by atoms with van der Waals surface area (Å²) in [7, 11) is 0. The Balaban J connectivity index is 2.63. The van der Waals surface area contributed by atoms with Crippen molar-refractivity contribution in [3.8, 4) is 0 Å². The fourth-order valence-corrected chi connectivity index (χ4v) is 1.08. The second-order valence-electron chi connectivity index (χ2n) is 2.72. The van der Waals surface area contributed by atoms with Gasteiger partial charge in [-0.3, -0.25) is 0 Å². The number of hydrogen-bond donors (Lipinski definition) is 5. The van der Waals surface area contributed by atoms with E-state index in [0.29, 0.717) is 0 Å². The third-order valence-electron chi connectivity index (χ3n) is 1.87. The summed E-state index contributed by atoms with van der Waals surface area (Å²) in [6, 6.07) is 0. The summed E-state index contributed by atoms with van der Waals surface area (Å²) in [5.41, 5.74) is 0. The minimum absolute atomic E-state index is 0.526. The summed E-state index contributed by atoms with van der Waals surface area (Å²) in [6.07, 6.45) is -7.04. The SMILES string of the molecule is OCC1O[C@@H](O)C(O)[C@@H](O)[C@H]1O. The maximum atomic E-state index is 9.12. The number of ether oxygens (including phenoxy) is 1. The quantitative estimate of drug-likeness (QED) is 0.290. The van der Waals surface area contributed by atoms with Crippen LogP contribution in [0.4, 0.5) is 0 Å². The molecule has 0 amide bonds. The summed E-state index contributed by atoms with van der Waals surface area (Å²) < 4.78 is 4.58. The molecule has 1 aliphatic rings. The molecule has 0 aromatic heterocycles. The van der Waals surface area contributed by atoms with E-state index in [2.05, 4.69) is 4.74 Å². The van der Waals surface area contributed by atoms with Crippen molar-refractivity contribution in [2.45, 2.75) is 30.7 Å². The Morgan fingerprint density at radius 2 is 1.50 bits per heavy atom. The molecule has 6 nitrogen and oxygen atoms in total. The van der Waals surface area contributed by atoms with Crippen molar-refractivity contribution in [1.82, 2.24) is 0 Å². The van der Waals surface area contributed by atoms with Crippen LogP contribution in [0.15, 0.2) is 0 Å². The van der Waals surface area contributed by atoms with Crippen molar-refractivity contribution in [2.75, 3.05) is 6.61 Å². The molecule has 0 aromatic rings. The molecule has 6 heteroatoms. The van der Waals surface area contributed by atoms with Crippen LogP contribution in [0.25, 0.3) is 0 Å². The third kappa shape index (κ3) is 1.58. The molecule has 1 aliphatic heterocycles. The van der Waals surface area contributed by atoms with Crippen LogP contribution in [0.5, 0.6) is 0 Å². The molecule has 0 saturated carbocycles. The molecule has 5 N–H and O–H groups in total. The summed E-state index contributed by atoms with van der Waals surface area (Å²) in [6.45, 7) is -0.526. The smallest absolute Gasteiger partial charge is 0.184 e. The Labute approximate surface area is 68.6 Å². The van der Waals surface area contributed by atoms with Crippen LogP contribution in [-0.4, -0.2) is 62.8 Å². The lowest BCUT2D eigenvalue weighted by Gasteiger charge is -2.37. The van der Waals surface area contributed by atoms with Gasteiger partial charge in [-0.25, -0.2) is 0 Å². The monoisotopic (exact) mass is 180 g/mol. The summed E-state index contributed by atoms with van der Waals surface area (Å²) in [4.78, 5) is 0. The van der Waals surface area contributed by atoms with Crippen molar-refractivity contribution in [2.24, 2.45) is 0 Å². The van der Waals surface area contributed by atoms with E-state index in [4.69, 9.17) is 25.5 Å². The van der Waals surface area contributed by atoms with Gasteiger partial charge in [0, 0.05) is 0 Å². The Morgan fingerprint density at radius 1 is 0.917 bits per heavy atom. The van der Waals surface area contributed by atoms with E-state index in [1.165, 1.54) is 0 Å². The number of aliphatic hydroxyl groups is 5. The molecule has 0 radical (unpaired) electrons. The second kappa shape index (κ2) is 3.65. The highest BCUT2D eigenvalue weighted by Gasteiger charge is 2.42. The van der Waals surface area contributed by atoms with Crippen LogP contribution in [-0.2, 0) is 4.74 Å². The van der Waals surface area contributed by atoms with E-state index < -0.39 is 37.3 Å². The number of rotatable bonds is 1. The fourth-order valence-electron chi connectivity index (χ4n) is 1.08. The van der Waals surface area contributed by atoms with E-state index in [9.17, 15) is 0 Å². The molecular formula is C6H12O6. The van der Waals surface area contributed by atoms with E-state index in [0.717, 1.165) is 0 Å². The van der Waals surface area contributed by atoms with Crippen molar-refractivity contribution in [1.29, 1.82) is 0 Å². The molecule has 5 atom stereocenters. The van der Waals surface area contributed by atoms with Crippen LogP contribution >= 0.6 is 0 Å². The van der Waals surface area contributed by atoms with Gasteiger partial charge in [0.2, 0.25) is 0 Å². The zero-order valence-electron chi connectivity index (χ0n) is 6.24. The first-order valence-electron chi connectivity index (χ1n) is 3.56. The van der Waals surface area contributed by atoms with Gasteiger partial charge in [-0.05, 0) is 0 Å². The zero-order valence-corrected chi connectivity index (χ0v) is 6.24. The third-order valence-corrected chi connectivity index (χ3v) is 1.87. The van der Waals surface area contributed by atoms with Crippen LogP contribution in [0.3, 0.4) is 0 Å². The lowest BCUT2D eigenvalue weighted by Crippen LogP contribution is -2.58. The summed E-state index contributed by atoms with van der Waals surface area (Å²) in [5.74, 6) is 0. The van der Waals surface area contributed by atoms with Crippen molar-refractivity contribution in [3.63, 3.8) is 0 Å². The van der Waals surface area contributed by atoms with Gasteiger partial charge in [0.05, 0.1) is 6.61 Å². The maximum Gasteiger partial charge on any atom is 0.184 e. The molecule has 0 spiro atoms. The van der Waals surface area contributed by atoms with Crippen LogP contribution in [0.2, 0.25) is 0 Å². The predicted molar refractivity (Wildman–Crippen MR) is 36.0 cm³/mol. The molecule has 1 rings (SSSR count). The molecule has 0 aromatic carbocycles. The Bertz CT molecular complexity index is 146. The van der Waals surface area contributed by atoms with E-state index in [1.54, 1.807) is 0 Å². The van der Waals surface area contributed by atoms with Crippen molar-refractivity contribution < 1.29 is 30.3 Å². The first kappa shape index (κ1) is 9.85. The van der Waals surface area contributed by atoms with Crippen LogP contribution in [0, 0.1) is 0 Å². The van der Waals surface area contributed by atoms with Gasteiger partial charge in [0.25, 0.3) is 0 Å².